The summed E-state index contributed by atoms with van der Waals surface area (Å²) < 4.78 is 0. The fourth-order valence-corrected chi connectivity index (χ4v) is 2.50. The van der Waals surface area contributed by atoms with Gasteiger partial charge in [-0.2, -0.15) is 0 Å². The quantitative estimate of drug-likeness (QED) is 0.731. The summed E-state index contributed by atoms with van der Waals surface area (Å²) in [7, 11) is 0. The monoisotopic (exact) mass is 278 g/mol. The zero-order valence-corrected chi connectivity index (χ0v) is 12.0. The summed E-state index contributed by atoms with van der Waals surface area (Å²) in [5.74, 6) is -0.232. The maximum absolute atomic E-state index is 12.0. The molecule has 0 aliphatic carbocycles. The lowest BCUT2D eigenvalue weighted by atomic mass is 10.1. The second-order valence-corrected chi connectivity index (χ2v) is 5.66. The van der Waals surface area contributed by atoms with Crippen LogP contribution in [0.25, 0.3) is 0 Å². The van der Waals surface area contributed by atoms with Gasteiger partial charge in [-0.1, -0.05) is 0 Å². The first-order valence-corrected chi connectivity index (χ1v) is 7.01. The first kappa shape index (κ1) is 14.7. The lowest BCUT2D eigenvalue weighted by Gasteiger charge is -2.20. The Morgan fingerprint density at radius 3 is 2.75 bits per heavy atom. The molecular weight excluding hydrogens is 256 g/mol. The van der Waals surface area contributed by atoms with Crippen LogP contribution < -0.4 is 5.32 Å². The van der Waals surface area contributed by atoms with Crippen molar-refractivity contribution in [3.63, 3.8) is 0 Å². The Morgan fingerprint density at radius 1 is 1.40 bits per heavy atom. The zero-order chi connectivity index (χ0) is 14.7. The van der Waals surface area contributed by atoms with E-state index in [2.05, 4.69) is 24.1 Å². The van der Waals surface area contributed by atoms with E-state index in [0.717, 1.165) is 19.5 Å². The molecule has 0 bridgehead atoms. The minimum atomic E-state index is -0.274. The van der Waals surface area contributed by atoms with Crippen molar-refractivity contribution in [1.82, 2.24) is 10.2 Å². The van der Waals surface area contributed by atoms with E-state index in [9.17, 15) is 15.0 Å². The molecular formula is C15H22N2O3. The van der Waals surface area contributed by atoms with Crippen LogP contribution in [0, 0.1) is 5.92 Å². The van der Waals surface area contributed by atoms with Crippen molar-refractivity contribution in [3.8, 4) is 11.5 Å². The summed E-state index contributed by atoms with van der Waals surface area (Å²) in [6, 6.07) is 4.64. The molecule has 1 heterocycles. The van der Waals surface area contributed by atoms with Gasteiger partial charge in [-0.15, -0.1) is 0 Å². The number of nitrogens with one attached hydrogen (secondary N) is 1. The molecule has 5 nitrogen and oxygen atoms in total. The minimum Gasteiger partial charge on any atom is -0.504 e. The van der Waals surface area contributed by atoms with Crippen LogP contribution in [-0.2, 0) is 0 Å². The van der Waals surface area contributed by atoms with Crippen molar-refractivity contribution >= 4 is 5.91 Å². The summed E-state index contributed by atoms with van der Waals surface area (Å²) in [6.45, 7) is 7.10. The number of aromatic hydroxyl groups is 2. The average molecular weight is 278 g/mol. The molecule has 1 aliphatic heterocycles. The second-order valence-electron chi connectivity index (χ2n) is 5.66. The molecule has 5 heteroatoms. The SMILES string of the molecule is CC(C)N1CCC(CNC(=O)c2ccc(O)c(O)c2)C1. The fourth-order valence-electron chi connectivity index (χ4n) is 2.50. The number of benzene rings is 1. The summed E-state index contributed by atoms with van der Waals surface area (Å²) in [5.41, 5.74) is 0.360. The number of hydrogen-bond acceptors (Lipinski definition) is 4. The second kappa shape index (κ2) is 6.13. The van der Waals surface area contributed by atoms with Gasteiger partial charge in [0.25, 0.3) is 5.91 Å². The van der Waals surface area contributed by atoms with Gasteiger partial charge >= 0.3 is 0 Å². The van der Waals surface area contributed by atoms with Crippen LogP contribution in [0.4, 0.5) is 0 Å². The number of phenolic OH excluding ortho intramolecular Hbond substituents is 2. The Bertz CT molecular complexity index is 488. The number of hydrogen-bond donors (Lipinski definition) is 3. The standard InChI is InChI=1S/C15H22N2O3/c1-10(2)17-6-5-11(9-17)8-16-15(20)12-3-4-13(18)14(19)7-12/h3-4,7,10-11,18-19H,5-6,8-9H2,1-2H3,(H,16,20). The topological polar surface area (TPSA) is 72.8 Å². The molecule has 0 radical (unpaired) electrons. The molecule has 1 aromatic carbocycles. The molecule has 1 aliphatic rings. The highest BCUT2D eigenvalue weighted by Gasteiger charge is 2.24. The molecule has 3 N–H and O–H groups in total. The predicted octanol–water partition coefficient (Wildman–Crippen LogP) is 1.56. The van der Waals surface area contributed by atoms with Gasteiger partial charge in [0.05, 0.1) is 0 Å². The largest absolute Gasteiger partial charge is 0.504 e. The first-order valence-electron chi connectivity index (χ1n) is 7.01. The van der Waals surface area contributed by atoms with Gasteiger partial charge < -0.3 is 20.4 Å². The van der Waals surface area contributed by atoms with Crippen LogP contribution in [0.3, 0.4) is 0 Å². The molecule has 0 saturated carbocycles. The fraction of sp³-hybridized carbons (Fsp3) is 0.533. The van der Waals surface area contributed by atoms with E-state index in [1.165, 1.54) is 18.2 Å². The molecule has 2 rings (SSSR count). The van der Waals surface area contributed by atoms with E-state index in [-0.39, 0.29) is 17.4 Å². The van der Waals surface area contributed by atoms with Crippen molar-refractivity contribution in [2.45, 2.75) is 26.3 Å². The van der Waals surface area contributed by atoms with Crippen molar-refractivity contribution in [3.05, 3.63) is 23.8 Å². The van der Waals surface area contributed by atoms with Crippen molar-refractivity contribution in [1.29, 1.82) is 0 Å². The smallest absolute Gasteiger partial charge is 0.251 e. The maximum atomic E-state index is 12.0. The number of rotatable bonds is 4. The number of carbonyl (C=O) groups is 1. The molecule has 1 aromatic rings. The number of likely N-dealkylation sites (tertiary alicyclic amines) is 1. The summed E-state index contributed by atoms with van der Waals surface area (Å²) >= 11 is 0. The van der Waals surface area contributed by atoms with E-state index in [1.807, 2.05) is 0 Å². The minimum absolute atomic E-state index is 0.218. The van der Waals surface area contributed by atoms with Crippen LogP contribution >= 0.6 is 0 Å². The first-order chi connectivity index (χ1) is 9.47. The molecule has 1 fully saturated rings. The summed E-state index contributed by atoms with van der Waals surface area (Å²) in [5, 5.41) is 21.5. The Morgan fingerprint density at radius 2 is 2.15 bits per heavy atom. The van der Waals surface area contributed by atoms with Crippen LogP contribution in [-0.4, -0.2) is 46.7 Å². The van der Waals surface area contributed by atoms with E-state index < -0.39 is 0 Å². The van der Waals surface area contributed by atoms with Gasteiger partial charge in [-0.25, -0.2) is 0 Å². The molecule has 0 spiro atoms. The number of nitrogens with zero attached hydrogens (tertiary/aromatic N) is 1. The molecule has 1 saturated heterocycles. The lowest BCUT2D eigenvalue weighted by Crippen LogP contribution is -2.32. The summed E-state index contributed by atoms with van der Waals surface area (Å²) in [6.07, 6.45) is 1.10. The number of carbonyl (C=O) groups excluding carboxylic acids is 1. The van der Waals surface area contributed by atoms with Crippen LogP contribution in [0.5, 0.6) is 11.5 Å². The third-order valence-electron chi connectivity index (χ3n) is 3.84. The Kier molecular flexibility index (Phi) is 4.49. The van der Waals surface area contributed by atoms with Gasteiger partial charge in [0.15, 0.2) is 11.5 Å². The highest BCUT2D eigenvalue weighted by Crippen LogP contribution is 2.25. The predicted molar refractivity (Wildman–Crippen MR) is 76.9 cm³/mol. The normalized spacial score (nSPS) is 19.4. The van der Waals surface area contributed by atoms with Gasteiger partial charge in [0, 0.05) is 24.7 Å². The number of amides is 1. The average Bonchev–Trinajstić information content (AvgIpc) is 2.88. The maximum Gasteiger partial charge on any atom is 0.251 e. The third-order valence-corrected chi connectivity index (χ3v) is 3.84. The Hall–Kier alpha value is -1.75. The highest BCUT2D eigenvalue weighted by atomic mass is 16.3. The van der Waals surface area contributed by atoms with Crippen LogP contribution in [0.1, 0.15) is 30.6 Å². The number of phenols is 2. The van der Waals surface area contributed by atoms with E-state index in [4.69, 9.17) is 0 Å². The lowest BCUT2D eigenvalue weighted by molar-refractivity contribution is 0.0946. The van der Waals surface area contributed by atoms with Gasteiger partial charge in [0.1, 0.15) is 0 Å². The molecule has 1 atom stereocenters. The molecule has 20 heavy (non-hydrogen) atoms. The molecule has 110 valence electrons. The van der Waals surface area contributed by atoms with Crippen molar-refractivity contribution in [2.24, 2.45) is 5.92 Å². The van der Waals surface area contributed by atoms with E-state index in [1.54, 1.807) is 0 Å². The highest BCUT2D eigenvalue weighted by molar-refractivity contribution is 5.94. The Labute approximate surface area is 119 Å². The molecule has 0 aromatic heterocycles. The van der Waals surface area contributed by atoms with E-state index in [0.29, 0.717) is 24.1 Å². The van der Waals surface area contributed by atoms with Crippen molar-refractivity contribution < 1.29 is 15.0 Å². The summed E-state index contributed by atoms with van der Waals surface area (Å²) in [4.78, 5) is 14.4. The van der Waals surface area contributed by atoms with Crippen molar-refractivity contribution in [2.75, 3.05) is 19.6 Å². The van der Waals surface area contributed by atoms with E-state index >= 15 is 0 Å². The van der Waals surface area contributed by atoms with Crippen LogP contribution in [0.15, 0.2) is 18.2 Å². The van der Waals surface area contributed by atoms with Crippen LogP contribution in [0.2, 0.25) is 0 Å². The van der Waals surface area contributed by atoms with Gasteiger partial charge in [-0.3, -0.25) is 4.79 Å². The third kappa shape index (κ3) is 3.42. The molecule has 1 amide bonds. The molecule has 1 unspecified atom stereocenters. The Balaban J connectivity index is 1.85. The van der Waals surface area contributed by atoms with Gasteiger partial charge in [0.2, 0.25) is 0 Å². The van der Waals surface area contributed by atoms with Gasteiger partial charge in [-0.05, 0) is 50.9 Å². The zero-order valence-electron chi connectivity index (χ0n) is 12.0.